The molecule has 0 saturated carbocycles. The summed E-state index contributed by atoms with van der Waals surface area (Å²) < 4.78 is 1.09. The van der Waals surface area contributed by atoms with Crippen molar-refractivity contribution in [2.45, 2.75) is 12.8 Å². The maximum atomic E-state index is 8.69. The molecule has 0 amide bonds. The molecule has 0 aliphatic rings. The summed E-state index contributed by atoms with van der Waals surface area (Å²) in [6.07, 6.45) is 1.55. The normalized spacial score (nSPS) is 10.0. The van der Waals surface area contributed by atoms with Crippen LogP contribution in [-0.4, -0.2) is 11.7 Å². The van der Waals surface area contributed by atoms with E-state index in [1.165, 1.54) is 5.56 Å². The summed E-state index contributed by atoms with van der Waals surface area (Å²) >= 11 is 3.38. The molecular formula is C11H13BrO. The van der Waals surface area contributed by atoms with Crippen molar-refractivity contribution in [1.82, 2.24) is 0 Å². The number of aliphatic hydroxyl groups excluding tert-OH is 1. The van der Waals surface area contributed by atoms with Crippen molar-refractivity contribution in [2.75, 3.05) is 6.61 Å². The number of hydrogen-bond donors (Lipinski definition) is 1. The lowest BCUT2D eigenvalue weighted by molar-refractivity contribution is 0.298. The highest BCUT2D eigenvalue weighted by Crippen LogP contribution is 2.14. The van der Waals surface area contributed by atoms with Crippen molar-refractivity contribution < 1.29 is 5.11 Å². The van der Waals surface area contributed by atoms with Crippen LogP contribution in [0.3, 0.4) is 0 Å². The molecule has 0 saturated heterocycles. The van der Waals surface area contributed by atoms with Crippen LogP contribution in [0.4, 0.5) is 0 Å². The number of aliphatic hydroxyl groups is 1. The van der Waals surface area contributed by atoms with Crippen LogP contribution < -0.4 is 0 Å². The van der Waals surface area contributed by atoms with Crippen molar-refractivity contribution >= 4 is 15.9 Å². The smallest absolute Gasteiger partial charge is 0.0468 e. The highest BCUT2D eigenvalue weighted by molar-refractivity contribution is 9.10. The third kappa shape index (κ3) is 3.75. The molecule has 1 aromatic carbocycles. The van der Waals surface area contributed by atoms with Gasteiger partial charge in [-0.05, 0) is 30.5 Å². The second-order valence-electron chi connectivity index (χ2n) is 3.03. The summed E-state index contributed by atoms with van der Waals surface area (Å²) in [7, 11) is 0. The summed E-state index contributed by atoms with van der Waals surface area (Å²) in [5.41, 5.74) is 2.31. The maximum absolute atomic E-state index is 8.69. The zero-order chi connectivity index (χ0) is 9.68. The van der Waals surface area contributed by atoms with E-state index in [0.717, 1.165) is 16.5 Å². The van der Waals surface area contributed by atoms with Gasteiger partial charge < -0.3 is 5.11 Å². The summed E-state index contributed by atoms with van der Waals surface area (Å²) in [6.45, 7) is 4.08. The molecule has 0 atom stereocenters. The minimum atomic E-state index is 0.190. The first kappa shape index (κ1) is 10.5. The molecule has 0 fully saturated rings. The predicted octanol–water partition coefficient (Wildman–Crippen LogP) is 2.93. The van der Waals surface area contributed by atoms with E-state index in [0.29, 0.717) is 6.42 Å². The van der Waals surface area contributed by atoms with Crippen molar-refractivity contribution in [1.29, 1.82) is 0 Å². The van der Waals surface area contributed by atoms with Gasteiger partial charge in [-0.1, -0.05) is 40.2 Å². The molecule has 0 aliphatic heterocycles. The number of benzene rings is 1. The Bertz CT molecular complexity index is 277. The molecule has 0 unspecified atom stereocenters. The SMILES string of the molecule is C=C(CCO)Cc1ccc(Br)cc1. The molecule has 2 heteroatoms. The van der Waals surface area contributed by atoms with Gasteiger partial charge in [0.1, 0.15) is 0 Å². The molecule has 0 aliphatic carbocycles. The third-order valence-corrected chi connectivity index (χ3v) is 2.36. The molecule has 0 aromatic heterocycles. The summed E-state index contributed by atoms with van der Waals surface area (Å²) in [6, 6.07) is 8.16. The minimum absolute atomic E-state index is 0.190. The van der Waals surface area contributed by atoms with Crippen molar-refractivity contribution in [3.8, 4) is 0 Å². The van der Waals surface area contributed by atoms with Crippen LogP contribution >= 0.6 is 15.9 Å². The van der Waals surface area contributed by atoms with Crippen molar-refractivity contribution in [3.63, 3.8) is 0 Å². The quantitative estimate of drug-likeness (QED) is 0.803. The van der Waals surface area contributed by atoms with E-state index >= 15 is 0 Å². The Morgan fingerprint density at radius 1 is 1.31 bits per heavy atom. The summed E-state index contributed by atoms with van der Waals surface area (Å²) in [5, 5.41) is 8.69. The van der Waals surface area contributed by atoms with E-state index in [2.05, 4.69) is 34.6 Å². The molecule has 0 spiro atoms. The lowest BCUT2D eigenvalue weighted by Gasteiger charge is -2.03. The second kappa shape index (κ2) is 5.20. The second-order valence-corrected chi connectivity index (χ2v) is 3.94. The Morgan fingerprint density at radius 2 is 1.92 bits per heavy atom. The molecule has 0 radical (unpaired) electrons. The fourth-order valence-electron chi connectivity index (χ4n) is 1.14. The lowest BCUT2D eigenvalue weighted by Crippen LogP contribution is -1.92. The van der Waals surface area contributed by atoms with Crippen LogP contribution in [0.25, 0.3) is 0 Å². The minimum Gasteiger partial charge on any atom is -0.396 e. The van der Waals surface area contributed by atoms with Gasteiger partial charge in [0.15, 0.2) is 0 Å². The van der Waals surface area contributed by atoms with E-state index < -0.39 is 0 Å². The van der Waals surface area contributed by atoms with Gasteiger partial charge in [-0.3, -0.25) is 0 Å². The van der Waals surface area contributed by atoms with Gasteiger partial charge in [0.2, 0.25) is 0 Å². The zero-order valence-electron chi connectivity index (χ0n) is 7.46. The Kier molecular flexibility index (Phi) is 4.19. The lowest BCUT2D eigenvalue weighted by atomic mass is 10.0. The Hall–Kier alpha value is -0.600. The van der Waals surface area contributed by atoms with Crippen LogP contribution in [0, 0.1) is 0 Å². The molecule has 1 N–H and O–H groups in total. The first-order chi connectivity index (χ1) is 6.22. The molecule has 13 heavy (non-hydrogen) atoms. The van der Waals surface area contributed by atoms with Gasteiger partial charge in [0.05, 0.1) is 0 Å². The maximum Gasteiger partial charge on any atom is 0.0468 e. The first-order valence-corrected chi connectivity index (χ1v) is 5.03. The van der Waals surface area contributed by atoms with Gasteiger partial charge in [0, 0.05) is 11.1 Å². The zero-order valence-corrected chi connectivity index (χ0v) is 9.05. The summed E-state index contributed by atoms with van der Waals surface area (Å²) in [5.74, 6) is 0. The third-order valence-electron chi connectivity index (χ3n) is 1.83. The van der Waals surface area contributed by atoms with Crippen LogP contribution in [0.2, 0.25) is 0 Å². The Morgan fingerprint density at radius 3 is 2.46 bits per heavy atom. The standard InChI is InChI=1S/C11H13BrO/c1-9(6-7-13)8-10-2-4-11(12)5-3-10/h2-5,13H,1,6-8H2. The fraction of sp³-hybridized carbons (Fsp3) is 0.273. The largest absolute Gasteiger partial charge is 0.396 e. The van der Waals surface area contributed by atoms with Crippen LogP contribution in [0.15, 0.2) is 40.9 Å². The van der Waals surface area contributed by atoms with Gasteiger partial charge in [-0.2, -0.15) is 0 Å². The van der Waals surface area contributed by atoms with E-state index in [1.807, 2.05) is 12.1 Å². The van der Waals surface area contributed by atoms with Crippen LogP contribution in [0.5, 0.6) is 0 Å². The average Bonchev–Trinajstić information content (AvgIpc) is 2.09. The van der Waals surface area contributed by atoms with Crippen molar-refractivity contribution in [3.05, 3.63) is 46.5 Å². The Balaban J connectivity index is 2.54. The van der Waals surface area contributed by atoms with E-state index in [9.17, 15) is 0 Å². The van der Waals surface area contributed by atoms with Gasteiger partial charge in [-0.25, -0.2) is 0 Å². The molecule has 0 heterocycles. The molecule has 70 valence electrons. The highest BCUT2D eigenvalue weighted by Gasteiger charge is 1.96. The monoisotopic (exact) mass is 240 g/mol. The molecule has 0 bridgehead atoms. The van der Waals surface area contributed by atoms with E-state index in [1.54, 1.807) is 0 Å². The van der Waals surface area contributed by atoms with Crippen LogP contribution in [-0.2, 0) is 6.42 Å². The summed E-state index contributed by atoms with van der Waals surface area (Å²) in [4.78, 5) is 0. The predicted molar refractivity (Wildman–Crippen MR) is 58.7 cm³/mol. The molecule has 1 rings (SSSR count). The van der Waals surface area contributed by atoms with E-state index in [4.69, 9.17) is 5.11 Å². The Labute approximate surface area is 87.2 Å². The fourth-order valence-corrected chi connectivity index (χ4v) is 1.40. The molecule has 1 aromatic rings. The number of hydrogen-bond acceptors (Lipinski definition) is 1. The first-order valence-electron chi connectivity index (χ1n) is 4.24. The highest BCUT2D eigenvalue weighted by atomic mass is 79.9. The van der Waals surface area contributed by atoms with Crippen molar-refractivity contribution in [2.24, 2.45) is 0 Å². The van der Waals surface area contributed by atoms with Gasteiger partial charge in [0.25, 0.3) is 0 Å². The van der Waals surface area contributed by atoms with Crippen LogP contribution in [0.1, 0.15) is 12.0 Å². The van der Waals surface area contributed by atoms with E-state index in [-0.39, 0.29) is 6.61 Å². The van der Waals surface area contributed by atoms with Gasteiger partial charge in [-0.15, -0.1) is 0 Å². The molecule has 1 nitrogen and oxygen atoms in total. The topological polar surface area (TPSA) is 20.2 Å². The number of rotatable bonds is 4. The van der Waals surface area contributed by atoms with Gasteiger partial charge >= 0.3 is 0 Å². The average molecular weight is 241 g/mol. The molecular weight excluding hydrogens is 228 g/mol. The number of halogens is 1.